The predicted octanol–water partition coefficient (Wildman–Crippen LogP) is 3.15. The molecule has 3 saturated heterocycles. The number of carbonyl (C=O) groups is 5. The van der Waals surface area contributed by atoms with Gasteiger partial charge in [-0.2, -0.15) is 5.26 Å². The summed E-state index contributed by atoms with van der Waals surface area (Å²) >= 11 is 0. The van der Waals surface area contributed by atoms with E-state index in [2.05, 4.69) is 35.7 Å². The van der Waals surface area contributed by atoms with Gasteiger partial charge in [-0.05, 0) is 86.9 Å². The van der Waals surface area contributed by atoms with Crippen molar-refractivity contribution >= 4 is 52.1 Å². The molecule has 2 atom stereocenters. The average molecular weight is 797 g/mol. The summed E-state index contributed by atoms with van der Waals surface area (Å²) in [7, 11) is 0. The molecule has 5 amide bonds. The maximum atomic E-state index is 14.1. The fraction of sp³-hybridized carbons (Fsp3) is 0.419. The van der Waals surface area contributed by atoms with Crippen molar-refractivity contribution in [1.82, 2.24) is 29.7 Å². The number of nitriles is 1. The molecule has 2 N–H and O–H groups in total. The molecule has 9 rings (SSSR count). The molecule has 0 radical (unpaired) electrons. The van der Waals surface area contributed by atoms with Crippen LogP contribution in [0.25, 0.3) is 10.9 Å². The Kier molecular flexibility index (Phi) is 10.1. The van der Waals surface area contributed by atoms with Gasteiger partial charge in [0.05, 0.1) is 33.9 Å². The van der Waals surface area contributed by atoms with E-state index in [1.807, 2.05) is 12.1 Å². The third kappa shape index (κ3) is 7.20. The summed E-state index contributed by atoms with van der Waals surface area (Å²) in [6.45, 7) is 5.81. The highest BCUT2D eigenvalue weighted by Gasteiger charge is 2.49. The highest BCUT2D eigenvalue weighted by molar-refractivity contribution is 6.23. The van der Waals surface area contributed by atoms with Crippen LogP contribution in [0.4, 0.5) is 11.6 Å². The van der Waals surface area contributed by atoms with Gasteiger partial charge in [-0.25, -0.2) is 9.97 Å². The number of rotatable bonds is 9. The number of carbonyl (C=O) groups excluding carboxylic acids is 5. The van der Waals surface area contributed by atoms with Gasteiger partial charge >= 0.3 is 0 Å². The number of nitrogens with two attached hydrogens (primary N) is 1. The maximum absolute atomic E-state index is 14.1. The molecule has 1 aliphatic carbocycles. The van der Waals surface area contributed by atoms with Crippen molar-refractivity contribution in [3.63, 3.8) is 0 Å². The number of pyridine rings is 1. The molecule has 0 unspecified atom stereocenters. The van der Waals surface area contributed by atoms with E-state index in [0.29, 0.717) is 54.4 Å². The molecule has 16 nitrogen and oxygen atoms in total. The number of nitrogens with zero attached hydrogens (tertiary/aromatic N) is 9. The van der Waals surface area contributed by atoms with E-state index in [-0.39, 0.29) is 47.6 Å². The van der Waals surface area contributed by atoms with E-state index < -0.39 is 29.7 Å². The number of likely N-dealkylation sites (tertiary alicyclic amines) is 1. The molecule has 302 valence electrons. The zero-order valence-electron chi connectivity index (χ0n) is 32.5. The Bertz CT molecular complexity index is 2380. The van der Waals surface area contributed by atoms with Crippen molar-refractivity contribution < 1.29 is 28.7 Å². The van der Waals surface area contributed by atoms with Gasteiger partial charge in [-0.15, -0.1) is 0 Å². The zero-order valence-corrected chi connectivity index (χ0v) is 32.5. The van der Waals surface area contributed by atoms with Crippen LogP contribution in [0, 0.1) is 17.2 Å². The lowest BCUT2D eigenvalue weighted by Crippen LogP contribution is -2.59. The third-order valence-electron chi connectivity index (χ3n) is 12.5. The number of hydrogen-bond donors (Lipinski definition) is 1. The summed E-state index contributed by atoms with van der Waals surface area (Å²) in [5.41, 5.74) is 8.07. The van der Waals surface area contributed by atoms with Crippen molar-refractivity contribution in [2.24, 2.45) is 11.7 Å². The number of piperazine rings is 1. The molecule has 0 spiro atoms. The summed E-state index contributed by atoms with van der Waals surface area (Å²) in [5.74, 6) is -0.657. The zero-order chi connectivity index (χ0) is 40.8. The Morgan fingerprint density at radius 3 is 2.34 bits per heavy atom. The van der Waals surface area contributed by atoms with Crippen LogP contribution in [0.1, 0.15) is 81.6 Å². The van der Waals surface area contributed by atoms with Crippen LogP contribution in [0.3, 0.4) is 0 Å². The number of ether oxygens (including phenoxy) is 1. The third-order valence-corrected chi connectivity index (χ3v) is 12.5. The summed E-state index contributed by atoms with van der Waals surface area (Å²) in [6.07, 6.45) is 7.86. The number of anilines is 2. The first kappa shape index (κ1) is 38.1. The molecule has 2 aromatic carbocycles. The number of piperidine rings is 1. The normalized spacial score (nSPS) is 23.8. The average Bonchev–Trinajstić information content (AvgIpc) is 3.83. The lowest BCUT2D eigenvalue weighted by Gasteiger charge is -2.41. The van der Waals surface area contributed by atoms with Gasteiger partial charge in [-0.3, -0.25) is 43.7 Å². The van der Waals surface area contributed by atoms with Crippen LogP contribution in [0.15, 0.2) is 61.1 Å². The summed E-state index contributed by atoms with van der Waals surface area (Å²) in [4.78, 5) is 88.7. The molecule has 4 aliphatic heterocycles. The van der Waals surface area contributed by atoms with Gasteiger partial charge in [0, 0.05) is 87.9 Å². The molecule has 5 aliphatic rings. The van der Waals surface area contributed by atoms with Gasteiger partial charge < -0.3 is 20.3 Å². The SMILES string of the molecule is N#Cc1ccc(OC2CCC(N3C(=O)CC[C@@H](N4C(=O)c5ccc(N6CCN(C[C@H]7CCN(c8ncc(C(N)=O)cn8)C7)CC6)cc5C4=O)C3=O)CC2)c2cccnc12. The van der Waals surface area contributed by atoms with Crippen molar-refractivity contribution in [3.05, 3.63) is 83.3 Å². The Hall–Kier alpha value is -6.47. The van der Waals surface area contributed by atoms with E-state index in [4.69, 9.17) is 10.5 Å². The fourth-order valence-electron chi connectivity index (χ4n) is 9.41. The Morgan fingerprint density at radius 1 is 0.831 bits per heavy atom. The highest BCUT2D eigenvalue weighted by atomic mass is 16.5. The van der Waals surface area contributed by atoms with Crippen LogP contribution < -0.4 is 20.3 Å². The summed E-state index contributed by atoms with van der Waals surface area (Å²) in [6, 6.07) is 13.2. The van der Waals surface area contributed by atoms with E-state index in [1.54, 1.807) is 36.5 Å². The van der Waals surface area contributed by atoms with Gasteiger partial charge in [0.1, 0.15) is 17.9 Å². The van der Waals surface area contributed by atoms with Gasteiger partial charge in [0.2, 0.25) is 11.9 Å². The number of aromatic nitrogens is 3. The van der Waals surface area contributed by atoms with E-state index in [0.717, 1.165) is 68.2 Å². The van der Waals surface area contributed by atoms with E-state index in [1.165, 1.54) is 17.3 Å². The van der Waals surface area contributed by atoms with Crippen molar-refractivity contribution in [2.75, 3.05) is 55.6 Å². The Morgan fingerprint density at radius 2 is 1.59 bits per heavy atom. The number of hydrogen-bond acceptors (Lipinski definition) is 13. The van der Waals surface area contributed by atoms with Crippen molar-refractivity contribution in [1.29, 1.82) is 5.26 Å². The predicted molar refractivity (Wildman–Crippen MR) is 214 cm³/mol. The standard InChI is InChI=1S/C43H44N10O6/c44-21-27-3-11-36(33-2-1-14-46-38(27)33)59-31-7-4-29(5-8-31)52-37(54)12-10-35(42(52)58)53-40(56)32-9-6-30(20-34(32)41(53)57)50-18-16-49(17-19-50)24-26-13-15-51(25-26)43-47-22-28(23-48-43)39(45)55/h1-3,6,9,11,14,20,22-23,26,29,31,35H,4-5,7-8,10,12-13,15-19,24-25H2,(H2,45,55)/t26-,29?,31?,35-/m1/s1. The molecular formula is C43H44N10O6. The molecule has 4 fully saturated rings. The monoisotopic (exact) mass is 796 g/mol. The number of amides is 5. The van der Waals surface area contributed by atoms with Crippen LogP contribution in [0.5, 0.6) is 5.75 Å². The quantitative estimate of drug-likeness (QED) is 0.243. The molecule has 4 aromatic rings. The largest absolute Gasteiger partial charge is 0.490 e. The first-order valence-corrected chi connectivity index (χ1v) is 20.3. The molecule has 0 bridgehead atoms. The van der Waals surface area contributed by atoms with E-state index in [9.17, 15) is 29.2 Å². The Balaban J connectivity index is 0.795. The Labute approximate surface area is 340 Å². The lowest BCUT2D eigenvalue weighted by molar-refractivity contribution is -0.155. The van der Waals surface area contributed by atoms with Crippen molar-refractivity contribution in [2.45, 2.75) is 63.1 Å². The minimum absolute atomic E-state index is 0.0662. The molecular weight excluding hydrogens is 753 g/mol. The van der Waals surface area contributed by atoms with Crippen molar-refractivity contribution in [3.8, 4) is 11.8 Å². The second-order valence-corrected chi connectivity index (χ2v) is 16.1. The van der Waals surface area contributed by atoms with Crippen LogP contribution in [-0.4, -0.2) is 123 Å². The lowest BCUT2D eigenvalue weighted by atomic mass is 9.89. The fourth-order valence-corrected chi connectivity index (χ4v) is 9.41. The number of imide groups is 2. The van der Waals surface area contributed by atoms with Gasteiger partial charge in [0.15, 0.2) is 0 Å². The van der Waals surface area contributed by atoms with Crippen LogP contribution >= 0.6 is 0 Å². The minimum Gasteiger partial charge on any atom is -0.490 e. The summed E-state index contributed by atoms with van der Waals surface area (Å²) < 4.78 is 6.38. The molecule has 16 heteroatoms. The smallest absolute Gasteiger partial charge is 0.262 e. The molecule has 59 heavy (non-hydrogen) atoms. The molecule has 2 aromatic heterocycles. The number of benzene rings is 2. The summed E-state index contributed by atoms with van der Waals surface area (Å²) in [5, 5.41) is 10.3. The second-order valence-electron chi connectivity index (χ2n) is 16.1. The van der Waals surface area contributed by atoms with Crippen LogP contribution in [0.2, 0.25) is 0 Å². The minimum atomic E-state index is -1.05. The van der Waals surface area contributed by atoms with Gasteiger partial charge in [-0.1, -0.05) is 0 Å². The second kappa shape index (κ2) is 15.7. The topological polar surface area (TPSA) is 199 Å². The van der Waals surface area contributed by atoms with E-state index >= 15 is 0 Å². The maximum Gasteiger partial charge on any atom is 0.262 e. The first-order chi connectivity index (χ1) is 28.7. The highest BCUT2D eigenvalue weighted by Crippen LogP contribution is 2.36. The molecule has 1 saturated carbocycles. The molecule has 6 heterocycles. The van der Waals surface area contributed by atoms with Crippen LogP contribution in [-0.2, 0) is 9.59 Å². The number of fused-ring (bicyclic) bond motifs is 2. The van der Waals surface area contributed by atoms with Gasteiger partial charge in [0.25, 0.3) is 23.6 Å². The number of primary amides is 1. The first-order valence-electron chi connectivity index (χ1n) is 20.3.